The topological polar surface area (TPSA) is 49.6 Å². The van der Waals surface area contributed by atoms with E-state index in [2.05, 4.69) is 9.97 Å². The standard InChI is InChI=1S/C9H4ClN3/c10-8-3-4-12-9-7(8)2-1-6(5-11)13-9/h1-4H. The highest BCUT2D eigenvalue weighted by molar-refractivity contribution is 6.35. The Morgan fingerprint density at radius 3 is 2.92 bits per heavy atom. The molecule has 0 aliphatic heterocycles. The van der Waals surface area contributed by atoms with Gasteiger partial charge in [0.1, 0.15) is 11.8 Å². The molecule has 2 rings (SSSR count). The highest BCUT2D eigenvalue weighted by atomic mass is 35.5. The predicted octanol–water partition coefficient (Wildman–Crippen LogP) is 2.15. The van der Waals surface area contributed by atoms with E-state index in [0.29, 0.717) is 16.4 Å². The third kappa shape index (κ3) is 1.32. The van der Waals surface area contributed by atoms with Crippen LogP contribution in [0.4, 0.5) is 0 Å². The quantitative estimate of drug-likeness (QED) is 0.638. The molecule has 0 atom stereocenters. The van der Waals surface area contributed by atoms with Gasteiger partial charge in [0.25, 0.3) is 0 Å². The minimum absolute atomic E-state index is 0.349. The van der Waals surface area contributed by atoms with Gasteiger partial charge in [-0.25, -0.2) is 9.97 Å². The summed E-state index contributed by atoms with van der Waals surface area (Å²) in [5, 5.41) is 9.96. The molecule has 4 heteroatoms. The molecular weight excluding hydrogens is 186 g/mol. The van der Waals surface area contributed by atoms with Crippen molar-refractivity contribution in [1.82, 2.24) is 9.97 Å². The van der Waals surface area contributed by atoms with Crippen LogP contribution >= 0.6 is 11.6 Å². The molecule has 0 saturated heterocycles. The Morgan fingerprint density at radius 2 is 2.15 bits per heavy atom. The Bertz CT molecular complexity index is 502. The smallest absolute Gasteiger partial charge is 0.162 e. The number of fused-ring (bicyclic) bond motifs is 1. The average Bonchev–Trinajstić information content (AvgIpc) is 2.18. The van der Waals surface area contributed by atoms with Crippen molar-refractivity contribution < 1.29 is 0 Å². The molecule has 0 saturated carbocycles. The first-order valence-corrected chi connectivity index (χ1v) is 4.00. The van der Waals surface area contributed by atoms with E-state index in [0.717, 1.165) is 5.39 Å². The molecule has 0 spiro atoms. The monoisotopic (exact) mass is 189 g/mol. The van der Waals surface area contributed by atoms with Crippen molar-refractivity contribution in [2.75, 3.05) is 0 Å². The van der Waals surface area contributed by atoms with Gasteiger partial charge in [0.2, 0.25) is 0 Å². The van der Waals surface area contributed by atoms with Crippen molar-refractivity contribution in [3.8, 4) is 6.07 Å². The van der Waals surface area contributed by atoms with E-state index >= 15 is 0 Å². The summed E-state index contributed by atoms with van der Waals surface area (Å²) in [5.74, 6) is 0. The first-order valence-electron chi connectivity index (χ1n) is 3.62. The maximum Gasteiger partial charge on any atom is 0.162 e. The number of hydrogen-bond donors (Lipinski definition) is 0. The van der Waals surface area contributed by atoms with Gasteiger partial charge in [-0.05, 0) is 18.2 Å². The third-order valence-electron chi connectivity index (χ3n) is 1.66. The van der Waals surface area contributed by atoms with Crippen molar-refractivity contribution in [2.45, 2.75) is 0 Å². The lowest BCUT2D eigenvalue weighted by atomic mass is 10.2. The molecule has 13 heavy (non-hydrogen) atoms. The largest absolute Gasteiger partial charge is 0.236 e. The van der Waals surface area contributed by atoms with Crippen LogP contribution in [0, 0.1) is 11.3 Å². The number of halogens is 1. The molecule has 0 aromatic carbocycles. The highest BCUT2D eigenvalue weighted by Gasteiger charge is 2.01. The zero-order valence-electron chi connectivity index (χ0n) is 6.53. The summed E-state index contributed by atoms with van der Waals surface area (Å²) in [6, 6.07) is 7.00. The second-order valence-corrected chi connectivity index (χ2v) is 2.88. The average molecular weight is 190 g/mol. The highest BCUT2D eigenvalue weighted by Crippen LogP contribution is 2.19. The fraction of sp³-hybridized carbons (Fsp3) is 0. The van der Waals surface area contributed by atoms with Crippen LogP contribution in [-0.2, 0) is 0 Å². The van der Waals surface area contributed by atoms with Crippen molar-refractivity contribution in [3.05, 3.63) is 35.1 Å². The predicted molar refractivity (Wildman–Crippen MR) is 49.3 cm³/mol. The Kier molecular flexibility index (Phi) is 1.84. The van der Waals surface area contributed by atoms with E-state index in [1.54, 1.807) is 24.4 Å². The van der Waals surface area contributed by atoms with Crippen molar-refractivity contribution >= 4 is 22.6 Å². The van der Waals surface area contributed by atoms with Crippen molar-refractivity contribution in [3.63, 3.8) is 0 Å². The van der Waals surface area contributed by atoms with Gasteiger partial charge in [0, 0.05) is 11.6 Å². The van der Waals surface area contributed by atoms with E-state index in [-0.39, 0.29) is 0 Å². The number of hydrogen-bond acceptors (Lipinski definition) is 3. The first kappa shape index (κ1) is 7.96. The second-order valence-electron chi connectivity index (χ2n) is 2.47. The van der Waals surface area contributed by atoms with E-state index in [4.69, 9.17) is 16.9 Å². The molecule has 0 amide bonds. The van der Waals surface area contributed by atoms with Gasteiger partial charge in [0.15, 0.2) is 5.65 Å². The Hall–Kier alpha value is -1.66. The molecule has 0 fully saturated rings. The molecule has 0 aliphatic carbocycles. The van der Waals surface area contributed by atoms with E-state index < -0.39 is 0 Å². The SMILES string of the molecule is N#Cc1ccc2c(Cl)ccnc2n1. The first-order chi connectivity index (χ1) is 6.31. The lowest BCUT2D eigenvalue weighted by Gasteiger charge is -1.97. The fourth-order valence-corrected chi connectivity index (χ4v) is 1.26. The Morgan fingerprint density at radius 1 is 1.31 bits per heavy atom. The van der Waals surface area contributed by atoms with Gasteiger partial charge in [-0.1, -0.05) is 11.6 Å². The molecular formula is C9H4ClN3. The van der Waals surface area contributed by atoms with Crippen LogP contribution < -0.4 is 0 Å². The molecule has 2 aromatic heterocycles. The van der Waals surface area contributed by atoms with Crippen LogP contribution in [-0.4, -0.2) is 9.97 Å². The van der Waals surface area contributed by atoms with Crippen molar-refractivity contribution in [2.24, 2.45) is 0 Å². The Balaban J connectivity index is 2.82. The van der Waals surface area contributed by atoms with E-state index in [1.807, 2.05) is 6.07 Å². The Labute approximate surface area is 79.6 Å². The molecule has 0 radical (unpaired) electrons. The summed E-state index contributed by atoms with van der Waals surface area (Å²) in [6.45, 7) is 0. The summed E-state index contributed by atoms with van der Waals surface area (Å²) in [4.78, 5) is 8.00. The molecule has 2 aromatic rings. The number of pyridine rings is 2. The maximum absolute atomic E-state index is 8.59. The number of nitriles is 1. The summed E-state index contributed by atoms with van der Waals surface area (Å²) in [5.41, 5.74) is 0.855. The lowest BCUT2D eigenvalue weighted by molar-refractivity contribution is 1.25. The van der Waals surface area contributed by atoms with Crippen LogP contribution in [0.15, 0.2) is 24.4 Å². The zero-order chi connectivity index (χ0) is 9.26. The van der Waals surface area contributed by atoms with Gasteiger partial charge in [-0.3, -0.25) is 0 Å². The van der Waals surface area contributed by atoms with Gasteiger partial charge in [-0.15, -0.1) is 0 Å². The van der Waals surface area contributed by atoms with Crippen LogP contribution in [0.1, 0.15) is 5.69 Å². The fourth-order valence-electron chi connectivity index (χ4n) is 1.06. The van der Waals surface area contributed by atoms with Crippen LogP contribution in [0.25, 0.3) is 11.0 Å². The summed E-state index contributed by atoms with van der Waals surface area (Å²) in [6.07, 6.45) is 1.57. The molecule has 3 nitrogen and oxygen atoms in total. The second kappa shape index (κ2) is 3.00. The summed E-state index contributed by atoms with van der Waals surface area (Å²) in [7, 11) is 0. The van der Waals surface area contributed by atoms with Crippen molar-refractivity contribution in [1.29, 1.82) is 5.26 Å². The number of nitrogens with zero attached hydrogens (tertiary/aromatic N) is 3. The molecule has 2 heterocycles. The van der Waals surface area contributed by atoms with E-state index in [9.17, 15) is 0 Å². The summed E-state index contributed by atoms with van der Waals surface area (Å²) < 4.78 is 0. The van der Waals surface area contributed by atoms with Crippen LogP contribution in [0.3, 0.4) is 0 Å². The summed E-state index contributed by atoms with van der Waals surface area (Å²) >= 11 is 5.89. The van der Waals surface area contributed by atoms with Gasteiger partial charge < -0.3 is 0 Å². The van der Waals surface area contributed by atoms with Gasteiger partial charge >= 0.3 is 0 Å². The van der Waals surface area contributed by atoms with E-state index in [1.165, 1.54) is 0 Å². The van der Waals surface area contributed by atoms with Crippen LogP contribution in [0.2, 0.25) is 5.02 Å². The zero-order valence-corrected chi connectivity index (χ0v) is 7.28. The number of aromatic nitrogens is 2. The third-order valence-corrected chi connectivity index (χ3v) is 1.99. The molecule has 0 unspecified atom stereocenters. The molecule has 0 aliphatic rings. The molecule has 0 bridgehead atoms. The molecule has 0 N–H and O–H groups in total. The van der Waals surface area contributed by atoms with Crippen LogP contribution in [0.5, 0.6) is 0 Å². The van der Waals surface area contributed by atoms with Gasteiger partial charge in [-0.2, -0.15) is 5.26 Å². The lowest BCUT2D eigenvalue weighted by Crippen LogP contribution is -1.87. The maximum atomic E-state index is 8.59. The minimum atomic E-state index is 0.349. The normalized spacial score (nSPS) is 9.85. The minimum Gasteiger partial charge on any atom is -0.236 e. The molecule has 62 valence electrons. The number of rotatable bonds is 0. The van der Waals surface area contributed by atoms with Gasteiger partial charge in [0.05, 0.1) is 5.02 Å².